The third-order valence-electron chi connectivity index (χ3n) is 4.61. The van der Waals surface area contributed by atoms with E-state index in [1.807, 2.05) is 29.2 Å². The van der Waals surface area contributed by atoms with Gasteiger partial charge in [0, 0.05) is 10.0 Å². The van der Waals surface area contributed by atoms with E-state index in [0.29, 0.717) is 5.75 Å². The third kappa shape index (κ3) is 5.22. The van der Waals surface area contributed by atoms with Crippen LogP contribution in [0.4, 0.5) is 0 Å². The van der Waals surface area contributed by atoms with Crippen molar-refractivity contribution < 1.29 is 19.2 Å². The molecule has 0 unspecified atom stereocenters. The summed E-state index contributed by atoms with van der Waals surface area (Å²) >= 11 is 3.46. The fourth-order valence-corrected chi connectivity index (χ4v) is 3.31. The van der Waals surface area contributed by atoms with Crippen LogP contribution < -0.4 is 14.4 Å². The van der Waals surface area contributed by atoms with Crippen LogP contribution >= 0.6 is 15.9 Å². The Morgan fingerprint density at radius 3 is 2.27 bits per heavy atom. The van der Waals surface area contributed by atoms with E-state index >= 15 is 0 Å². The van der Waals surface area contributed by atoms with Crippen LogP contribution in [0.1, 0.15) is 5.56 Å². The van der Waals surface area contributed by atoms with Gasteiger partial charge in [-0.3, -0.25) is 4.79 Å². The zero-order chi connectivity index (χ0) is 18.4. The molecule has 0 spiro atoms. The molecule has 1 saturated heterocycles. The third-order valence-corrected chi connectivity index (χ3v) is 5.14. The van der Waals surface area contributed by atoms with E-state index in [0.717, 1.165) is 42.9 Å². The van der Waals surface area contributed by atoms with Crippen LogP contribution in [0.5, 0.6) is 11.5 Å². The molecule has 138 valence electrons. The number of ether oxygens (including phenoxy) is 2. The zero-order valence-corrected chi connectivity index (χ0v) is 16.5. The molecule has 0 radical (unpaired) electrons. The molecule has 0 aromatic heterocycles. The summed E-state index contributed by atoms with van der Waals surface area (Å²) in [6.45, 7) is 4.55. The molecule has 0 bridgehead atoms. The number of rotatable bonds is 6. The molecule has 26 heavy (non-hydrogen) atoms. The van der Waals surface area contributed by atoms with Crippen molar-refractivity contribution in [3.05, 3.63) is 58.6 Å². The molecular formula is C20H24BrN2O3+. The lowest BCUT2D eigenvalue weighted by atomic mass is 10.2. The van der Waals surface area contributed by atoms with Crippen LogP contribution in [-0.2, 0) is 11.3 Å². The highest BCUT2D eigenvalue weighted by Gasteiger charge is 2.24. The molecule has 0 saturated carbocycles. The summed E-state index contributed by atoms with van der Waals surface area (Å²) in [5.41, 5.74) is 1.32. The van der Waals surface area contributed by atoms with Gasteiger partial charge in [-0.1, -0.05) is 28.1 Å². The van der Waals surface area contributed by atoms with E-state index in [4.69, 9.17) is 9.47 Å². The van der Waals surface area contributed by atoms with Gasteiger partial charge in [0.25, 0.3) is 5.91 Å². The minimum absolute atomic E-state index is 0.0449. The van der Waals surface area contributed by atoms with Crippen LogP contribution in [0.2, 0.25) is 0 Å². The van der Waals surface area contributed by atoms with Crippen molar-refractivity contribution in [1.82, 2.24) is 4.90 Å². The Morgan fingerprint density at radius 2 is 1.65 bits per heavy atom. The molecule has 6 heteroatoms. The second-order valence-electron chi connectivity index (χ2n) is 6.40. The number of benzene rings is 2. The first-order valence-electron chi connectivity index (χ1n) is 8.76. The monoisotopic (exact) mass is 419 g/mol. The van der Waals surface area contributed by atoms with Gasteiger partial charge in [0.2, 0.25) is 0 Å². The molecule has 1 amide bonds. The lowest BCUT2D eigenvalue weighted by molar-refractivity contribution is -0.917. The number of halogens is 1. The average molecular weight is 420 g/mol. The number of nitrogens with one attached hydrogen (secondary N) is 1. The predicted octanol–water partition coefficient (Wildman–Crippen LogP) is 1.76. The second-order valence-corrected chi connectivity index (χ2v) is 7.31. The molecule has 0 atom stereocenters. The van der Waals surface area contributed by atoms with E-state index in [-0.39, 0.29) is 12.5 Å². The Bertz CT molecular complexity index is 711. The van der Waals surface area contributed by atoms with Gasteiger partial charge in [-0.25, -0.2) is 0 Å². The van der Waals surface area contributed by atoms with Crippen molar-refractivity contribution in [2.45, 2.75) is 6.54 Å². The molecule has 1 N–H and O–H groups in total. The Balaban J connectivity index is 1.42. The number of methoxy groups -OCH3 is 1. The fourth-order valence-electron chi connectivity index (χ4n) is 3.05. The maximum atomic E-state index is 12.4. The number of carbonyl (C=O) groups is 1. The maximum absolute atomic E-state index is 12.4. The quantitative estimate of drug-likeness (QED) is 0.775. The number of piperazine rings is 1. The van der Waals surface area contributed by atoms with Crippen LogP contribution in [0, 0.1) is 0 Å². The lowest BCUT2D eigenvalue weighted by Gasteiger charge is -2.32. The van der Waals surface area contributed by atoms with Crippen molar-refractivity contribution in [3.8, 4) is 11.5 Å². The Hall–Kier alpha value is -2.05. The number of amides is 1. The van der Waals surface area contributed by atoms with Crippen LogP contribution in [0.25, 0.3) is 0 Å². The number of hydrogen-bond donors (Lipinski definition) is 1. The summed E-state index contributed by atoms with van der Waals surface area (Å²) in [5.74, 6) is 1.50. The Morgan fingerprint density at radius 1 is 1.04 bits per heavy atom. The highest BCUT2D eigenvalue weighted by atomic mass is 79.9. The topological polar surface area (TPSA) is 43.2 Å². The number of hydrogen-bond acceptors (Lipinski definition) is 3. The predicted molar refractivity (Wildman–Crippen MR) is 104 cm³/mol. The van der Waals surface area contributed by atoms with Crippen molar-refractivity contribution in [1.29, 1.82) is 0 Å². The first kappa shape index (κ1) is 18.7. The smallest absolute Gasteiger partial charge is 0.260 e. The van der Waals surface area contributed by atoms with Gasteiger partial charge >= 0.3 is 0 Å². The van der Waals surface area contributed by atoms with Crippen molar-refractivity contribution in [2.24, 2.45) is 0 Å². The van der Waals surface area contributed by atoms with E-state index in [9.17, 15) is 4.79 Å². The first-order chi connectivity index (χ1) is 12.6. The molecule has 1 heterocycles. The summed E-state index contributed by atoms with van der Waals surface area (Å²) in [6.07, 6.45) is 0. The number of carbonyl (C=O) groups excluding carboxylic acids is 1. The summed E-state index contributed by atoms with van der Waals surface area (Å²) < 4.78 is 11.8. The molecule has 1 aliphatic heterocycles. The van der Waals surface area contributed by atoms with Gasteiger partial charge in [-0.15, -0.1) is 0 Å². The summed E-state index contributed by atoms with van der Waals surface area (Å²) in [4.78, 5) is 15.8. The van der Waals surface area contributed by atoms with Crippen molar-refractivity contribution >= 4 is 21.8 Å². The molecule has 1 aliphatic rings. The highest BCUT2D eigenvalue weighted by Crippen LogP contribution is 2.17. The Labute approximate surface area is 162 Å². The van der Waals surface area contributed by atoms with Crippen LogP contribution in [0.15, 0.2) is 53.0 Å². The van der Waals surface area contributed by atoms with Gasteiger partial charge in [0.15, 0.2) is 6.61 Å². The van der Waals surface area contributed by atoms with Gasteiger partial charge < -0.3 is 19.3 Å². The summed E-state index contributed by atoms with van der Waals surface area (Å²) in [5, 5.41) is 0. The molecule has 2 aromatic rings. The van der Waals surface area contributed by atoms with Gasteiger partial charge in [0.1, 0.15) is 18.0 Å². The minimum Gasteiger partial charge on any atom is -0.497 e. The molecular weight excluding hydrogens is 396 g/mol. The summed E-state index contributed by atoms with van der Waals surface area (Å²) in [7, 11) is 1.62. The molecule has 1 fully saturated rings. The standard InChI is InChI=1S/C20H23BrN2O3/c1-25-18-6-8-19(9-7-18)26-15-20(24)23-12-10-22(11-13-23)14-16-2-4-17(21)5-3-16/h2-9H,10-15H2,1H3/p+1. The van der Waals surface area contributed by atoms with Gasteiger partial charge in [-0.05, 0) is 36.4 Å². The maximum Gasteiger partial charge on any atom is 0.260 e. The molecule has 0 aliphatic carbocycles. The van der Waals surface area contributed by atoms with E-state index in [1.165, 1.54) is 10.5 Å². The van der Waals surface area contributed by atoms with Gasteiger partial charge in [-0.2, -0.15) is 0 Å². The van der Waals surface area contributed by atoms with E-state index in [1.54, 1.807) is 7.11 Å². The van der Waals surface area contributed by atoms with E-state index in [2.05, 4.69) is 40.2 Å². The largest absolute Gasteiger partial charge is 0.497 e. The SMILES string of the molecule is COc1ccc(OCC(=O)N2CC[NH+](Cc3ccc(Br)cc3)CC2)cc1. The zero-order valence-electron chi connectivity index (χ0n) is 14.9. The van der Waals surface area contributed by atoms with Crippen LogP contribution in [-0.4, -0.2) is 50.7 Å². The van der Waals surface area contributed by atoms with E-state index < -0.39 is 0 Å². The number of quaternary nitrogens is 1. The average Bonchev–Trinajstić information content (AvgIpc) is 2.69. The highest BCUT2D eigenvalue weighted by molar-refractivity contribution is 9.10. The molecule has 2 aromatic carbocycles. The summed E-state index contributed by atoms with van der Waals surface area (Å²) in [6, 6.07) is 15.7. The van der Waals surface area contributed by atoms with Crippen molar-refractivity contribution in [2.75, 3.05) is 39.9 Å². The van der Waals surface area contributed by atoms with Gasteiger partial charge in [0.05, 0.1) is 33.3 Å². The molecule has 5 nitrogen and oxygen atoms in total. The molecule has 3 rings (SSSR count). The minimum atomic E-state index is 0.0449. The fraction of sp³-hybridized carbons (Fsp3) is 0.350. The van der Waals surface area contributed by atoms with Crippen molar-refractivity contribution in [3.63, 3.8) is 0 Å². The number of nitrogens with zero attached hydrogens (tertiary/aromatic N) is 1. The van der Waals surface area contributed by atoms with Crippen LogP contribution in [0.3, 0.4) is 0 Å². The lowest BCUT2D eigenvalue weighted by Crippen LogP contribution is -3.13. The Kier molecular flexibility index (Phi) is 6.52. The first-order valence-corrected chi connectivity index (χ1v) is 9.56. The second kappa shape index (κ2) is 9.05. The normalized spacial score (nSPS) is 14.9.